The summed E-state index contributed by atoms with van der Waals surface area (Å²) in [5.41, 5.74) is 2.19. The number of benzene rings is 2. The molecule has 0 spiro atoms. The summed E-state index contributed by atoms with van der Waals surface area (Å²) in [7, 11) is 1.55. The summed E-state index contributed by atoms with van der Waals surface area (Å²) < 4.78 is 10.4. The zero-order chi connectivity index (χ0) is 19.9. The van der Waals surface area contributed by atoms with E-state index in [0.717, 1.165) is 43.3 Å². The van der Waals surface area contributed by atoms with Crippen LogP contribution in [0.4, 0.5) is 0 Å². The molecule has 148 valence electrons. The Morgan fingerprint density at radius 1 is 1.18 bits per heavy atom. The summed E-state index contributed by atoms with van der Waals surface area (Å²) in [5, 5.41) is 7.44. The predicted molar refractivity (Wildman–Crippen MR) is 109 cm³/mol. The summed E-state index contributed by atoms with van der Waals surface area (Å²) in [6.07, 6.45) is 1.81. The minimum atomic E-state index is -0.376. The van der Waals surface area contributed by atoms with Gasteiger partial charge in [-0.05, 0) is 35.9 Å². The molecule has 28 heavy (non-hydrogen) atoms. The van der Waals surface area contributed by atoms with Crippen molar-refractivity contribution in [2.45, 2.75) is 13.5 Å². The van der Waals surface area contributed by atoms with Crippen LogP contribution in [0.25, 0.3) is 0 Å². The number of halogens is 1. The van der Waals surface area contributed by atoms with E-state index in [-0.39, 0.29) is 5.97 Å². The number of esters is 1. The molecule has 1 heterocycles. The Morgan fingerprint density at radius 3 is 2.54 bits per heavy atom. The van der Waals surface area contributed by atoms with E-state index in [0.29, 0.717) is 11.5 Å². The summed E-state index contributed by atoms with van der Waals surface area (Å²) >= 11 is 5.95. The summed E-state index contributed by atoms with van der Waals surface area (Å²) in [6.45, 7) is 6.25. The number of ether oxygens (including phenoxy) is 2. The van der Waals surface area contributed by atoms with Crippen LogP contribution in [0.15, 0.2) is 47.6 Å². The lowest BCUT2D eigenvalue weighted by atomic mass is 10.2. The highest BCUT2D eigenvalue weighted by Gasteiger charge is 2.18. The first-order valence-corrected chi connectivity index (χ1v) is 9.64. The second-order valence-electron chi connectivity index (χ2n) is 6.76. The molecule has 0 unspecified atom stereocenters. The Morgan fingerprint density at radius 2 is 1.89 bits per heavy atom. The van der Waals surface area contributed by atoms with Gasteiger partial charge in [-0.3, -0.25) is 9.80 Å². The van der Waals surface area contributed by atoms with Crippen LogP contribution >= 0.6 is 11.6 Å². The number of hydrazone groups is 1. The molecule has 3 rings (SSSR count). The van der Waals surface area contributed by atoms with Crippen molar-refractivity contribution < 1.29 is 19.2 Å². The van der Waals surface area contributed by atoms with Crippen LogP contribution in [-0.4, -0.2) is 50.5 Å². The second-order valence-corrected chi connectivity index (χ2v) is 7.19. The first kappa shape index (κ1) is 20.2. The summed E-state index contributed by atoms with van der Waals surface area (Å²) in [5.74, 6) is 0.543. The highest BCUT2D eigenvalue weighted by molar-refractivity contribution is 6.30. The van der Waals surface area contributed by atoms with Gasteiger partial charge in [-0.1, -0.05) is 23.7 Å². The first-order chi connectivity index (χ1) is 13.5. The molecule has 0 aliphatic carbocycles. The molecule has 1 saturated heterocycles. The van der Waals surface area contributed by atoms with Gasteiger partial charge in [0.05, 0.1) is 39.5 Å². The average molecular weight is 403 g/mol. The van der Waals surface area contributed by atoms with Crippen molar-refractivity contribution in [3.05, 3.63) is 58.6 Å². The van der Waals surface area contributed by atoms with E-state index in [1.807, 2.05) is 30.5 Å². The Kier molecular flexibility index (Phi) is 6.90. The number of hydrogen-bond donors (Lipinski definition) is 1. The molecule has 2 aromatic carbocycles. The molecule has 2 aromatic rings. The van der Waals surface area contributed by atoms with Gasteiger partial charge in [0, 0.05) is 17.5 Å². The standard InChI is InChI=1S/C21H24ClN3O3/c1-16(26)28-20-8-5-18(13-21(20)27-2)14-23-25-11-9-24(10-12-25)15-17-3-6-19(22)7-4-17/h3-8,13-14H,9-12,15H2,1-2H3/p+1/b23-14-. The molecule has 1 aliphatic rings. The first-order valence-electron chi connectivity index (χ1n) is 9.27. The maximum absolute atomic E-state index is 11.1. The molecule has 1 N–H and O–H groups in total. The van der Waals surface area contributed by atoms with Crippen molar-refractivity contribution in [2.24, 2.45) is 5.10 Å². The lowest BCUT2D eigenvalue weighted by Gasteiger charge is -2.30. The van der Waals surface area contributed by atoms with Gasteiger partial charge in [0.15, 0.2) is 11.5 Å². The maximum Gasteiger partial charge on any atom is 0.308 e. The van der Waals surface area contributed by atoms with Gasteiger partial charge in [-0.15, -0.1) is 0 Å². The average Bonchev–Trinajstić information content (AvgIpc) is 2.69. The molecule has 7 heteroatoms. The molecular weight excluding hydrogens is 378 g/mol. The van der Waals surface area contributed by atoms with Gasteiger partial charge in [0.25, 0.3) is 0 Å². The van der Waals surface area contributed by atoms with Crippen molar-refractivity contribution >= 4 is 23.8 Å². The van der Waals surface area contributed by atoms with E-state index >= 15 is 0 Å². The molecule has 0 atom stereocenters. The van der Waals surface area contributed by atoms with Crippen molar-refractivity contribution in [1.82, 2.24) is 5.01 Å². The van der Waals surface area contributed by atoms with Gasteiger partial charge < -0.3 is 14.4 Å². The summed E-state index contributed by atoms with van der Waals surface area (Å²) in [4.78, 5) is 12.7. The van der Waals surface area contributed by atoms with Gasteiger partial charge in [0.1, 0.15) is 6.54 Å². The number of methoxy groups -OCH3 is 1. The number of carbonyl (C=O) groups is 1. The normalized spacial score (nSPS) is 15.0. The molecule has 0 amide bonds. The van der Waals surface area contributed by atoms with Gasteiger partial charge in [-0.25, -0.2) is 0 Å². The van der Waals surface area contributed by atoms with E-state index < -0.39 is 0 Å². The monoisotopic (exact) mass is 402 g/mol. The van der Waals surface area contributed by atoms with E-state index in [1.165, 1.54) is 12.5 Å². The number of rotatable bonds is 6. The largest absolute Gasteiger partial charge is 0.493 e. The number of carbonyl (C=O) groups excluding carboxylic acids is 1. The molecule has 1 fully saturated rings. The fraction of sp³-hybridized carbons (Fsp3) is 0.333. The van der Waals surface area contributed by atoms with Crippen LogP contribution in [0.3, 0.4) is 0 Å². The SMILES string of the molecule is COc1cc(/C=N\N2CC[NH+](Cc3ccc(Cl)cc3)CC2)ccc1OC(C)=O. The molecule has 0 radical (unpaired) electrons. The highest BCUT2D eigenvalue weighted by Crippen LogP contribution is 2.27. The number of quaternary nitrogens is 1. The minimum absolute atomic E-state index is 0.376. The summed E-state index contributed by atoms with van der Waals surface area (Å²) in [6, 6.07) is 13.4. The maximum atomic E-state index is 11.1. The molecule has 0 saturated carbocycles. The van der Waals surface area contributed by atoms with Crippen molar-refractivity contribution in [2.75, 3.05) is 33.3 Å². The van der Waals surface area contributed by atoms with Crippen LogP contribution in [0.2, 0.25) is 5.02 Å². The smallest absolute Gasteiger partial charge is 0.308 e. The zero-order valence-electron chi connectivity index (χ0n) is 16.2. The quantitative estimate of drug-likeness (QED) is 0.456. The second kappa shape index (κ2) is 9.57. The third kappa shape index (κ3) is 5.71. The minimum Gasteiger partial charge on any atom is -0.493 e. The number of piperazine rings is 1. The van der Waals surface area contributed by atoms with Crippen LogP contribution in [-0.2, 0) is 11.3 Å². The van der Waals surface area contributed by atoms with Gasteiger partial charge >= 0.3 is 5.97 Å². The number of hydrogen-bond acceptors (Lipinski definition) is 5. The zero-order valence-corrected chi connectivity index (χ0v) is 16.9. The highest BCUT2D eigenvalue weighted by atomic mass is 35.5. The van der Waals surface area contributed by atoms with Crippen LogP contribution in [0.5, 0.6) is 11.5 Å². The molecule has 0 bridgehead atoms. The van der Waals surface area contributed by atoms with Crippen LogP contribution < -0.4 is 14.4 Å². The fourth-order valence-corrected chi connectivity index (χ4v) is 3.27. The molecule has 1 aliphatic heterocycles. The van der Waals surface area contributed by atoms with Crippen molar-refractivity contribution in [1.29, 1.82) is 0 Å². The lowest BCUT2D eigenvalue weighted by Crippen LogP contribution is -3.13. The van der Waals surface area contributed by atoms with Crippen molar-refractivity contribution in [3.8, 4) is 11.5 Å². The van der Waals surface area contributed by atoms with Crippen LogP contribution in [0, 0.1) is 0 Å². The fourth-order valence-electron chi connectivity index (χ4n) is 3.15. The Balaban J connectivity index is 1.53. The Labute approximate surface area is 170 Å². The molecule has 0 aromatic heterocycles. The van der Waals surface area contributed by atoms with E-state index in [2.05, 4.69) is 22.2 Å². The third-order valence-corrected chi connectivity index (χ3v) is 4.88. The Hall–Kier alpha value is -2.57. The molecular formula is C21H25ClN3O3+. The predicted octanol–water partition coefficient (Wildman–Crippen LogP) is 2.01. The van der Waals surface area contributed by atoms with Gasteiger partial charge in [0.2, 0.25) is 0 Å². The van der Waals surface area contributed by atoms with E-state index in [1.54, 1.807) is 18.1 Å². The van der Waals surface area contributed by atoms with Gasteiger partial charge in [-0.2, -0.15) is 5.10 Å². The van der Waals surface area contributed by atoms with E-state index in [4.69, 9.17) is 21.1 Å². The Bertz CT molecular complexity index is 831. The van der Waals surface area contributed by atoms with E-state index in [9.17, 15) is 4.79 Å². The number of nitrogens with one attached hydrogen (secondary N) is 1. The topological polar surface area (TPSA) is 55.6 Å². The number of nitrogens with zero attached hydrogens (tertiary/aromatic N) is 2. The lowest BCUT2D eigenvalue weighted by molar-refractivity contribution is -0.918. The molecule has 6 nitrogen and oxygen atoms in total. The third-order valence-electron chi connectivity index (χ3n) is 4.63. The van der Waals surface area contributed by atoms with Crippen LogP contribution in [0.1, 0.15) is 18.1 Å². The van der Waals surface area contributed by atoms with Crippen molar-refractivity contribution in [3.63, 3.8) is 0 Å².